The highest BCUT2D eigenvalue weighted by Crippen LogP contribution is 2.26. The fourth-order valence-electron chi connectivity index (χ4n) is 2.53. The SMILES string of the molecule is Cc1cc2c3ccc(C)[n+](C)c3ccc2n1C. The first-order chi connectivity index (χ1) is 8.09. The first-order valence-corrected chi connectivity index (χ1v) is 5.94. The van der Waals surface area contributed by atoms with E-state index in [1.807, 2.05) is 0 Å². The first kappa shape index (κ1) is 10.3. The Morgan fingerprint density at radius 3 is 2.53 bits per heavy atom. The summed E-state index contributed by atoms with van der Waals surface area (Å²) < 4.78 is 4.49. The lowest BCUT2D eigenvalue weighted by atomic mass is 10.1. The van der Waals surface area contributed by atoms with Crippen molar-refractivity contribution in [1.29, 1.82) is 0 Å². The number of hydrogen-bond donors (Lipinski definition) is 0. The topological polar surface area (TPSA) is 8.81 Å². The lowest BCUT2D eigenvalue weighted by Gasteiger charge is -2.02. The van der Waals surface area contributed by atoms with Gasteiger partial charge in [-0.25, -0.2) is 0 Å². The third kappa shape index (κ3) is 1.30. The molecule has 0 saturated heterocycles. The minimum Gasteiger partial charge on any atom is -0.348 e. The Morgan fingerprint density at radius 1 is 1.00 bits per heavy atom. The summed E-state index contributed by atoms with van der Waals surface area (Å²) in [6.07, 6.45) is 0. The van der Waals surface area contributed by atoms with Crippen molar-refractivity contribution in [1.82, 2.24) is 4.57 Å². The van der Waals surface area contributed by atoms with E-state index in [9.17, 15) is 0 Å². The molecular weight excluding hydrogens is 208 g/mol. The Balaban J connectivity index is 2.57. The molecule has 1 aromatic carbocycles. The first-order valence-electron chi connectivity index (χ1n) is 5.94. The smallest absolute Gasteiger partial charge is 0.213 e. The third-order valence-electron chi connectivity index (χ3n) is 3.87. The molecule has 0 aliphatic rings. The molecule has 0 unspecified atom stereocenters. The molecule has 0 radical (unpaired) electrons. The highest BCUT2D eigenvalue weighted by molar-refractivity contribution is 6.04. The molecule has 0 spiro atoms. The molecule has 0 aliphatic carbocycles. The van der Waals surface area contributed by atoms with E-state index in [4.69, 9.17) is 0 Å². The van der Waals surface area contributed by atoms with E-state index in [1.54, 1.807) is 0 Å². The van der Waals surface area contributed by atoms with Gasteiger partial charge in [0.2, 0.25) is 5.52 Å². The van der Waals surface area contributed by atoms with Crippen LogP contribution in [0.1, 0.15) is 11.4 Å². The molecule has 0 bridgehead atoms. The molecule has 2 heterocycles. The minimum absolute atomic E-state index is 1.28. The van der Waals surface area contributed by atoms with Gasteiger partial charge in [-0.15, -0.1) is 0 Å². The van der Waals surface area contributed by atoms with Crippen molar-refractivity contribution >= 4 is 21.8 Å². The number of hydrogen-bond acceptors (Lipinski definition) is 0. The summed E-state index contributed by atoms with van der Waals surface area (Å²) in [7, 11) is 4.25. The van der Waals surface area contributed by atoms with Gasteiger partial charge in [0.05, 0.1) is 5.39 Å². The standard InChI is InChI=1S/C15H17N2/c1-10-5-6-12-13-9-11(2)17(4)15(13)8-7-14(12)16(10)3/h5-9H,1-4H3/q+1. The second-order valence-electron chi connectivity index (χ2n) is 4.81. The number of rotatable bonds is 0. The highest BCUT2D eigenvalue weighted by atomic mass is 15.0. The lowest BCUT2D eigenvalue weighted by Crippen LogP contribution is -2.32. The van der Waals surface area contributed by atoms with Crippen molar-refractivity contribution in [3.8, 4) is 0 Å². The number of fused-ring (bicyclic) bond motifs is 3. The highest BCUT2D eigenvalue weighted by Gasteiger charge is 2.12. The van der Waals surface area contributed by atoms with Gasteiger partial charge in [-0.05, 0) is 25.1 Å². The Kier molecular flexibility index (Phi) is 2.02. The fourth-order valence-corrected chi connectivity index (χ4v) is 2.53. The van der Waals surface area contributed by atoms with Crippen molar-refractivity contribution in [3.63, 3.8) is 0 Å². The van der Waals surface area contributed by atoms with Crippen LogP contribution in [0, 0.1) is 13.8 Å². The van der Waals surface area contributed by atoms with Crippen LogP contribution in [-0.4, -0.2) is 4.57 Å². The fraction of sp³-hybridized carbons (Fsp3) is 0.267. The largest absolute Gasteiger partial charge is 0.348 e. The zero-order valence-corrected chi connectivity index (χ0v) is 10.8. The van der Waals surface area contributed by atoms with Crippen LogP contribution in [0.2, 0.25) is 0 Å². The summed E-state index contributed by atoms with van der Waals surface area (Å²) in [6.45, 7) is 4.29. The Hall–Kier alpha value is -1.83. The van der Waals surface area contributed by atoms with Crippen molar-refractivity contribution in [2.24, 2.45) is 14.1 Å². The number of aromatic nitrogens is 2. The molecule has 0 amide bonds. The van der Waals surface area contributed by atoms with Gasteiger partial charge in [-0.3, -0.25) is 0 Å². The third-order valence-corrected chi connectivity index (χ3v) is 3.87. The summed E-state index contributed by atoms with van der Waals surface area (Å²) in [5, 5.41) is 2.68. The number of aryl methyl sites for hydroxylation is 4. The molecule has 2 nitrogen and oxygen atoms in total. The average molecular weight is 225 g/mol. The maximum Gasteiger partial charge on any atom is 0.213 e. The molecule has 2 heteroatoms. The molecular formula is C15H17N2+. The zero-order valence-electron chi connectivity index (χ0n) is 10.8. The van der Waals surface area contributed by atoms with Crippen molar-refractivity contribution in [2.45, 2.75) is 13.8 Å². The van der Waals surface area contributed by atoms with Crippen LogP contribution in [0.15, 0.2) is 30.3 Å². The molecule has 17 heavy (non-hydrogen) atoms. The van der Waals surface area contributed by atoms with E-state index in [1.165, 1.54) is 33.2 Å². The monoisotopic (exact) mass is 225 g/mol. The molecule has 0 fully saturated rings. The Morgan fingerprint density at radius 2 is 1.76 bits per heavy atom. The van der Waals surface area contributed by atoms with Gasteiger partial charge in [0.25, 0.3) is 0 Å². The predicted octanol–water partition coefficient (Wildman–Crippen LogP) is 2.77. The van der Waals surface area contributed by atoms with Crippen LogP contribution in [0.5, 0.6) is 0 Å². The maximum atomic E-state index is 2.27. The predicted molar refractivity (Wildman–Crippen MR) is 71.1 cm³/mol. The van der Waals surface area contributed by atoms with E-state index >= 15 is 0 Å². The van der Waals surface area contributed by atoms with Gasteiger partial charge in [0, 0.05) is 42.7 Å². The molecule has 0 N–H and O–H groups in total. The van der Waals surface area contributed by atoms with Gasteiger partial charge in [-0.1, -0.05) is 0 Å². The summed E-state index contributed by atoms with van der Waals surface area (Å²) in [4.78, 5) is 0. The van der Waals surface area contributed by atoms with Gasteiger partial charge in [0.15, 0.2) is 5.69 Å². The van der Waals surface area contributed by atoms with E-state index in [0.29, 0.717) is 0 Å². The van der Waals surface area contributed by atoms with Crippen LogP contribution in [0.4, 0.5) is 0 Å². The molecule has 3 rings (SSSR count). The lowest BCUT2D eigenvalue weighted by molar-refractivity contribution is -0.651. The van der Waals surface area contributed by atoms with Crippen LogP contribution in [0.3, 0.4) is 0 Å². The molecule has 0 atom stereocenters. The minimum atomic E-state index is 1.28. The van der Waals surface area contributed by atoms with Gasteiger partial charge in [-0.2, -0.15) is 4.57 Å². The van der Waals surface area contributed by atoms with Gasteiger partial charge >= 0.3 is 0 Å². The molecule has 3 aromatic rings. The molecule has 0 saturated carbocycles. The van der Waals surface area contributed by atoms with Crippen LogP contribution < -0.4 is 4.57 Å². The quantitative estimate of drug-likeness (QED) is 0.520. The average Bonchev–Trinajstić information content (AvgIpc) is 2.61. The normalized spacial score (nSPS) is 11.5. The van der Waals surface area contributed by atoms with Crippen LogP contribution in [-0.2, 0) is 14.1 Å². The van der Waals surface area contributed by atoms with E-state index < -0.39 is 0 Å². The molecule has 86 valence electrons. The van der Waals surface area contributed by atoms with Crippen molar-refractivity contribution in [3.05, 3.63) is 41.7 Å². The summed E-state index contributed by atoms with van der Waals surface area (Å²) >= 11 is 0. The second-order valence-corrected chi connectivity index (χ2v) is 4.81. The van der Waals surface area contributed by atoms with Gasteiger partial charge in [0.1, 0.15) is 7.05 Å². The van der Waals surface area contributed by atoms with Crippen LogP contribution >= 0.6 is 0 Å². The van der Waals surface area contributed by atoms with Crippen LogP contribution in [0.25, 0.3) is 21.8 Å². The summed E-state index contributed by atoms with van der Waals surface area (Å²) in [5.74, 6) is 0. The maximum absolute atomic E-state index is 2.27. The van der Waals surface area contributed by atoms with E-state index in [-0.39, 0.29) is 0 Å². The van der Waals surface area contributed by atoms with E-state index in [2.05, 4.69) is 67.4 Å². The summed E-state index contributed by atoms with van der Waals surface area (Å²) in [6, 6.07) is 11.1. The second kappa shape index (κ2) is 3.33. The summed E-state index contributed by atoms with van der Waals surface area (Å²) in [5.41, 5.74) is 5.18. The molecule has 0 aliphatic heterocycles. The Bertz CT molecular complexity index is 736. The van der Waals surface area contributed by atoms with Crippen molar-refractivity contribution in [2.75, 3.05) is 0 Å². The van der Waals surface area contributed by atoms with E-state index in [0.717, 1.165) is 0 Å². The zero-order chi connectivity index (χ0) is 12.2. The number of benzene rings is 1. The number of nitrogens with zero attached hydrogens (tertiary/aromatic N) is 2. The molecule has 2 aromatic heterocycles. The van der Waals surface area contributed by atoms with Crippen molar-refractivity contribution < 1.29 is 4.57 Å². The Labute approximate surface area is 101 Å². The van der Waals surface area contributed by atoms with Gasteiger partial charge < -0.3 is 4.57 Å². The number of pyridine rings is 1.